The summed E-state index contributed by atoms with van der Waals surface area (Å²) in [5, 5.41) is 8.98. The average Bonchev–Trinajstić information content (AvgIpc) is 2.78. The Morgan fingerprint density at radius 2 is 1.77 bits per heavy atom. The monoisotopic (exact) mass is 298 g/mol. The van der Waals surface area contributed by atoms with Crippen molar-refractivity contribution in [2.75, 3.05) is 13.7 Å². The second-order valence-electron chi connectivity index (χ2n) is 4.82. The molecule has 6 heteroatoms. The third-order valence-electron chi connectivity index (χ3n) is 3.52. The first-order valence-corrected chi connectivity index (χ1v) is 6.64. The maximum absolute atomic E-state index is 12.2. The Kier molecular flexibility index (Phi) is 4.37. The van der Waals surface area contributed by atoms with Gasteiger partial charge in [0.25, 0.3) is 11.8 Å². The van der Waals surface area contributed by atoms with Gasteiger partial charge >= 0.3 is 5.97 Å². The summed E-state index contributed by atoms with van der Waals surface area (Å²) >= 11 is 0. The average molecular weight is 298 g/mol. The number of hydrogen-bond donors (Lipinski definition) is 0. The number of amides is 2. The lowest BCUT2D eigenvalue weighted by Gasteiger charge is -2.14. The highest BCUT2D eigenvalue weighted by Gasteiger charge is 2.34. The largest absolute Gasteiger partial charge is 0.465 e. The molecule has 1 heterocycles. The van der Waals surface area contributed by atoms with E-state index in [9.17, 15) is 14.4 Å². The van der Waals surface area contributed by atoms with Crippen molar-refractivity contribution in [1.82, 2.24) is 4.90 Å². The van der Waals surface area contributed by atoms with Crippen LogP contribution in [-0.2, 0) is 9.53 Å². The number of imide groups is 1. The Morgan fingerprint density at radius 1 is 1.23 bits per heavy atom. The van der Waals surface area contributed by atoms with E-state index < -0.39 is 5.97 Å². The fraction of sp³-hybridized carbons (Fsp3) is 0.250. The van der Waals surface area contributed by atoms with Crippen LogP contribution < -0.4 is 0 Å². The summed E-state index contributed by atoms with van der Waals surface area (Å²) in [6.07, 6.45) is 0.240. The Hall–Kier alpha value is -2.94. The summed E-state index contributed by atoms with van der Waals surface area (Å²) in [5.41, 5.74) is 1.13. The lowest BCUT2D eigenvalue weighted by atomic mass is 10.1. The number of nitriles is 1. The van der Waals surface area contributed by atoms with Gasteiger partial charge in [-0.1, -0.05) is 12.1 Å². The molecule has 0 radical (unpaired) electrons. The number of hydrogen-bond acceptors (Lipinski definition) is 5. The fourth-order valence-electron chi connectivity index (χ4n) is 2.26. The van der Waals surface area contributed by atoms with Gasteiger partial charge in [-0.05, 0) is 31.1 Å². The lowest BCUT2D eigenvalue weighted by molar-refractivity contribution is -0.135. The molecule has 1 aliphatic heterocycles. The molecule has 2 amide bonds. The molecule has 0 saturated carbocycles. The Balaban J connectivity index is 2.16. The number of nitrogens with zero attached hydrogens (tertiary/aromatic N) is 2. The first-order chi connectivity index (χ1) is 10.5. The number of benzene rings is 1. The molecule has 0 fully saturated rings. The summed E-state index contributed by atoms with van der Waals surface area (Å²) in [4.78, 5) is 36.9. The van der Waals surface area contributed by atoms with Gasteiger partial charge in [0.05, 0.1) is 18.2 Å². The highest BCUT2D eigenvalue weighted by atomic mass is 16.5. The minimum atomic E-state index is -0.720. The molecule has 2 rings (SSSR count). The molecule has 1 aliphatic rings. The van der Waals surface area contributed by atoms with Crippen LogP contribution in [0.25, 0.3) is 0 Å². The van der Waals surface area contributed by atoms with Crippen molar-refractivity contribution in [2.45, 2.75) is 13.3 Å². The third kappa shape index (κ3) is 2.61. The Labute approximate surface area is 127 Å². The summed E-state index contributed by atoms with van der Waals surface area (Å²) in [7, 11) is 1.19. The SMILES string of the molecule is COC(=O)/C(C#N)=C(/C)CCN1C(=O)c2ccccc2C1=O. The van der Waals surface area contributed by atoms with Crippen LogP contribution in [0.15, 0.2) is 35.4 Å². The zero-order chi connectivity index (χ0) is 16.3. The molecule has 112 valence electrons. The van der Waals surface area contributed by atoms with E-state index in [0.29, 0.717) is 16.7 Å². The van der Waals surface area contributed by atoms with Crippen LogP contribution in [-0.4, -0.2) is 36.3 Å². The van der Waals surface area contributed by atoms with Crippen molar-refractivity contribution in [3.05, 3.63) is 46.5 Å². The standard InChI is InChI=1S/C16H14N2O4/c1-10(13(9-17)16(21)22-2)7-8-18-14(19)11-5-3-4-6-12(11)15(18)20/h3-6H,7-8H2,1-2H3/b13-10-. The molecule has 6 nitrogen and oxygen atoms in total. The second kappa shape index (κ2) is 6.22. The summed E-state index contributed by atoms with van der Waals surface area (Å²) < 4.78 is 4.52. The molecular weight excluding hydrogens is 284 g/mol. The molecule has 0 atom stereocenters. The van der Waals surface area contributed by atoms with E-state index in [4.69, 9.17) is 5.26 Å². The zero-order valence-electron chi connectivity index (χ0n) is 12.3. The zero-order valence-corrected chi connectivity index (χ0v) is 12.3. The molecule has 0 unspecified atom stereocenters. The van der Waals surface area contributed by atoms with E-state index in [0.717, 1.165) is 4.90 Å². The number of methoxy groups -OCH3 is 1. The molecule has 0 aliphatic carbocycles. The van der Waals surface area contributed by atoms with Gasteiger partial charge < -0.3 is 4.74 Å². The maximum atomic E-state index is 12.2. The van der Waals surface area contributed by atoms with Crippen molar-refractivity contribution >= 4 is 17.8 Å². The normalized spacial score (nSPS) is 14.3. The maximum Gasteiger partial charge on any atom is 0.348 e. The lowest BCUT2D eigenvalue weighted by Crippen LogP contribution is -2.31. The molecule has 1 aromatic carbocycles. The van der Waals surface area contributed by atoms with Crippen molar-refractivity contribution in [3.63, 3.8) is 0 Å². The number of rotatable bonds is 4. The first kappa shape index (κ1) is 15.4. The predicted octanol–water partition coefficient (Wildman–Crippen LogP) is 1.69. The van der Waals surface area contributed by atoms with Crippen LogP contribution in [0.4, 0.5) is 0 Å². The third-order valence-corrected chi connectivity index (χ3v) is 3.52. The van der Waals surface area contributed by atoms with E-state index in [1.807, 2.05) is 0 Å². The van der Waals surface area contributed by atoms with Crippen LogP contribution in [0.2, 0.25) is 0 Å². The van der Waals surface area contributed by atoms with Gasteiger partial charge in [-0.25, -0.2) is 4.79 Å². The van der Waals surface area contributed by atoms with Gasteiger partial charge in [0.2, 0.25) is 0 Å². The number of ether oxygens (including phenoxy) is 1. The first-order valence-electron chi connectivity index (χ1n) is 6.64. The number of carbonyl (C=O) groups excluding carboxylic acids is 3. The van der Waals surface area contributed by atoms with Gasteiger partial charge in [0.1, 0.15) is 11.6 Å². The minimum Gasteiger partial charge on any atom is -0.465 e. The molecule has 0 saturated heterocycles. The van der Waals surface area contributed by atoms with Crippen LogP contribution in [0.3, 0.4) is 0 Å². The highest BCUT2D eigenvalue weighted by molar-refractivity contribution is 6.21. The minimum absolute atomic E-state index is 0.0980. The van der Waals surface area contributed by atoms with E-state index in [-0.39, 0.29) is 30.4 Å². The van der Waals surface area contributed by atoms with Crippen LogP contribution >= 0.6 is 0 Å². The van der Waals surface area contributed by atoms with E-state index in [1.165, 1.54) is 7.11 Å². The van der Waals surface area contributed by atoms with E-state index in [1.54, 1.807) is 37.3 Å². The molecule has 0 spiro atoms. The van der Waals surface area contributed by atoms with Crippen LogP contribution in [0.1, 0.15) is 34.1 Å². The molecule has 0 N–H and O–H groups in total. The van der Waals surface area contributed by atoms with Crippen LogP contribution in [0.5, 0.6) is 0 Å². The Bertz CT molecular complexity index is 693. The summed E-state index contributed by atoms with van der Waals surface area (Å²) in [6.45, 7) is 1.72. The molecule has 1 aromatic rings. The molecule has 0 aromatic heterocycles. The molecular formula is C16H14N2O4. The van der Waals surface area contributed by atoms with Gasteiger partial charge in [-0.3, -0.25) is 14.5 Å². The van der Waals surface area contributed by atoms with E-state index in [2.05, 4.69) is 4.74 Å². The highest BCUT2D eigenvalue weighted by Crippen LogP contribution is 2.23. The Morgan fingerprint density at radius 3 is 2.23 bits per heavy atom. The predicted molar refractivity (Wildman–Crippen MR) is 76.8 cm³/mol. The fourth-order valence-corrected chi connectivity index (χ4v) is 2.26. The molecule has 0 bridgehead atoms. The van der Waals surface area contributed by atoms with Gasteiger partial charge in [0, 0.05) is 6.54 Å². The number of esters is 1. The molecule has 22 heavy (non-hydrogen) atoms. The second-order valence-corrected chi connectivity index (χ2v) is 4.82. The van der Waals surface area contributed by atoms with Gasteiger partial charge in [-0.15, -0.1) is 0 Å². The number of fused-ring (bicyclic) bond motifs is 1. The van der Waals surface area contributed by atoms with Crippen molar-refractivity contribution < 1.29 is 19.1 Å². The van der Waals surface area contributed by atoms with Crippen molar-refractivity contribution in [3.8, 4) is 6.07 Å². The number of carbonyl (C=O) groups is 3. The summed E-state index contributed by atoms with van der Waals surface area (Å²) in [5.74, 6) is -1.43. The smallest absolute Gasteiger partial charge is 0.348 e. The van der Waals surface area contributed by atoms with E-state index >= 15 is 0 Å². The van der Waals surface area contributed by atoms with Gasteiger partial charge in [0.15, 0.2) is 0 Å². The quantitative estimate of drug-likeness (QED) is 0.365. The van der Waals surface area contributed by atoms with Crippen molar-refractivity contribution in [2.24, 2.45) is 0 Å². The van der Waals surface area contributed by atoms with Gasteiger partial charge in [-0.2, -0.15) is 5.26 Å². The summed E-state index contributed by atoms with van der Waals surface area (Å²) in [6, 6.07) is 8.39. The topological polar surface area (TPSA) is 87.5 Å². The van der Waals surface area contributed by atoms with Crippen LogP contribution in [0, 0.1) is 11.3 Å². The van der Waals surface area contributed by atoms with Crippen molar-refractivity contribution in [1.29, 1.82) is 5.26 Å².